The number of likely N-dealkylation sites (N-methyl/N-ethyl adjacent to an activating group) is 1. The molecule has 0 radical (unpaired) electrons. The van der Waals surface area contributed by atoms with Gasteiger partial charge in [0.1, 0.15) is 54.9 Å². The van der Waals surface area contributed by atoms with Crippen LogP contribution in [0.1, 0.15) is 19.8 Å². The molecule has 14 atom stereocenters. The van der Waals surface area contributed by atoms with Gasteiger partial charge in [-0.15, -0.1) is 0 Å². The first kappa shape index (κ1) is 63.6. The maximum Gasteiger partial charge on any atom is 0.251 e. The highest BCUT2D eigenvalue weighted by Crippen LogP contribution is 2.18. The lowest BCUT2D eigenvalue weighted by Gasteiger charge is -2.36. The number of hydrogen-bond donors (Lipinski definition) is 24. The fourth-order valence-corrected chi connectivity index (χ4v) is 5.97. The molecule has 0 aromatic carbocycles. The Morgan fingerprint density at radius 2 is 0.838 bits per heavy atom. The number of nitrogens with one attached hydrogen (secondary N) is 8. The van der Waals surface area contributed by atoms with Gasteiger partial charge < -0.3 is 125 Å². The van der Waals surface area contributed by atoms with E-state index in [-0.39, 0.29) is 39.0 Å². The maximum atomic E-state index is 13.7. The van der Waals surface area contributed by atoms with Crippen LogP contribution in [0.15, 0.2) is 0 Å². The predicted molar refractivity (Wildman–Crippen MR) is 227 cm³/mol. The van der Waals surface area contributed by atoms with Crippen LogP contribution >= 0.6 is 0 Å². The minimum atomic E-state index is -2.59. The molecule has 0 fully saturated rings. The summed E-state index contributed by atoms with van der Waals surface area (Å²) in [4.78, 5) is 88.6. The monoisotopic (exact) mass is 993 g/mol. The molecule has 0 aliphatic heterocycles. The van der Waals surface area contributed by atoms with Gasteiger partial charge in [0.05, 0.1) is 25.9 Å². The van der Waals surface area contributed by atoms with Crippen molar-refractivity contribution in [2.75, 3.05) is 79.2 Å². The molecule has 396 valence electrons. The lowest BCUT2D eigenvalue weighted by molar-refractivity contribution is -0.150. The second kappa shape index (κ2) is 31.7. The molecular weight excluding hydrogens is 922 g/mol. The van der Waals surface area contributed by atoms with Gasteiger partial charge in [-0.1, -0.05) is 0 Å². The molecule has 0 spiro atoms. The van der Waals surface area contributed by atoms with Gasteiger partial charge in [-0.05, 0) is 13.5 Å². The second-order valence-electron chi connectivity index (χ2n) is 16.2. The summed E-state index contributed by atoms with van der Waals surface area (Å²) in [6.45, 7) is -6.13. The van der Waals surface area contributed by atoms with E-state index in [2.05, 4.69) is 42.5 Å². The summed E-state index contributed by atoms with van der Waals surface area (Å²) < 4.78 is 0. The third-order valence-electron chi connectivity index (χ3n) is 10.8. The number of aliphatic hydroxyl groups is 15. The lowest BCUT2D eigenvalue weighted by Crippen LogP contribution is -2.61. The quantitative estimate of drug-likeness (QED) is 0.0259. The van der Waals surface area contributed by atoms with Crippen LogP contribution in [-0.2, 0) is 33.6 Å². The number of aliphatic hydroxyl groups excluding tert-OH is 15. The van der Waals surface area contributed by atoms with Crippen molar-refractivity contribution in [3.63, 3.8) is 0 Å². The topological polar surface area (TPSA) is 545 Å². The van der Waals surface area contributed by atoms with E-state index in [1.807, 2.05) is 0 Å². The van der Waals surface area contributed by atoms with E-state index in [1.54, 1.807) is 0 Å². The second-order valence-corrected chi connectivity index (χ2v) is 16.2. The van der Waals surface area contributed by atoms with Gasteiger partial charge in [0.2, 0.25) is 24.1 Å². The van der Waals surface area contributed by atoms with Gasteiger partial charge in [-0.3, -0.25) is 33.6 Å². The average Bonchev–Trinajstić information content (AvgIpc) is 3.34. The van der Waals surface area contributed by atoms with E-state index in [0.717, 1.165) is 0 Å². The van der Waals surface area contributed by atoms with Crippen LogP contribution in [0.3, 0.4) is 0 Å². The highest BCUT2D eigenvalue weighted by Gasteiger charge is 2.41. The van der Waals surface area contributed by atoms with Gasteiger partial charge >= 0.3 is 0 Å². The lowest BCUT2D eigenvalue weighted by atomic mass is 9.86. The molecule has 13 unspecified atom stereocenters. The van der Waals surface area contributed by atoms with Crippen LogP contribution in [0.2, 0.25) is 0 Å². The summed E-state index contributed by atoms with van der Waals surface area (Å²) >= 11 is 0. The molecule has 0 aliphatic rings. The molecule has 0 aromatic rings. The molecular formula is C37H71N9O22. The van der Waals surface area contributed by atoms with Crippen molar-refractivity contribution in [2.45, 2.75) is 99.1 Å². The van der Waals surface area contributed by atoms with Gasteiger partial charge in [-0.2, -0.15) is 0 Å². The van der Waals surface area contributed by atoms with E-state index in [0.29, 0.717) is 6.41 Å². The van der Waals surface area contributed by atoms with Crippen molar-refractivity contribution in [2.24, 2.45) is 16.6 Å². The van der Waals surface area contributed by atoms with E-state index in [1.165, 1.54) is 14.0 Å². The summed E-state index contributed by atoms with van der Waals surface area (Å²) in [6.07, 6.45) is -28.5. The standard InChI is InChI=1S/C37H71N9O22/c1-17(51)41-10-36(8-38,9-40-16-50)11-42-22(55)4-3-18(39-2)32(65)43-12-37(13-44-33(66)29(62)26(59)23(56)19(52)5-47,14-45-34(67)30(63)27(60)24(57)20(53)6-48)15-46-35(68)31(64)28(61)25(58)21(54)7-49/h16,18-21,23-31,39,47-49,52-54,56-64H,3-15,38H2,1-2H3,(H,40,50)(H,41,51)(H,42,55)(H,43,65)(H,44,66)(H,45,67)(H,46,68)/t18-,19?,20?,21?,23?,24?,25?,26?,27?,28?,29?,30?,31?,36?,37?/m0/s1. The Morgan fingerprint density at radius 1 is 0.500 bits per heavy atom. The van der Waals surface area contributed by atoms with E-state index in [4.69, 9.17) is 21.1 Å². The largest absolute Gasteiger partial charge is 0.394 e. The van der Waals surface area contributed by atoms with E-state index >= 15 is 0 Å². The summed E-state index contributed by atoms with van der Waals surface area (Å²) in [5.41, 5.74) is 2.79. The molecule has 0 heterocycles. The first-order chi connectivity index (χ1) is 31.8. The Kier molecular flexibility index (Phi) is 29.6. The zero-order chi connectivity index (χ0) is 52.5. The number of nitrogens with two attached hydrogens (primary N) is 1. The Bertz CT molecular complexity index is 1470. The molecule has 0 saturated carbocycles. The molecule has 0 saturated heterocycles. The SMILES string of the molecule is CN[C@@H](CCC(=O)NCC(CN)(CNC=O)CNC(C)=O)C(=O)NCC(CNC(=O)C(O)C(O)C(O)C(O)CO)(CNC(=O)C(O)C(O)C(O)C(O)CO)CNC(=O)C(O)C(O)C(O)C(O)CO. The summed E-state index contributed by atoms with van der Waals surface area (Å²) in [6, 6.07) is -1.24. The highest BCUT2D eigenvalue weighted by atomic mass is 16.4. The van der Waals surface area contributed by atoms with Crippen LogP contribution < -0.4 is 48.3 Å². The third-order valence-corrected chi connectivity index (χ3v) is 10.8. The summed E-state index contributed by atoms with van der Waals surface area (Å²) in [5, 5.41) is 168. The van der Waals surface area contributed by atoms with Gasteiger partial charge in [0, 0.05) is 76.5 Å². The molecule has 0 aliphatic carbocycles. The van der Waals surface area contributed by atoms with Crippen molar-refractivity contribution in [3.05, 3.63) is 0 Å². The first-order valence-corrected chi connectivity index (χ1v) is 20.9. The number of carbonyl (C=O) groups excluding carboxylic acids is 7. The van der Waals surface area contributed by atoms with E-state index < -0.39 is 172 Å². The molecule has 68 heavy (non-hydrogen) atoms. The van der Waals surface area contributed by atoms with Crippen molar-refractivity contribution in [1.29, 1.82) is 0 Å². The molecule has 31 nitrogen and oxygen atoms in total. The van der Waals surface area contributed by atoms with Crippen molar-refractivity contribution in [1.82, 2.24) is 42.5 Å². The highest BCUT2D eigenvalue weighted by molar-refractivity contribution is 5.84. The van der Waals surface area contributed by atoms with Gasteiger partial charge in [0.15, 0.2) is 18.3 Å². The predicted octanol–water partition coefficient (Wildman–Crippen LogP) is -14.9. The van der Waals surface area contributed by atoms with Crippen molar-refractivity contribution in [3.8, 4) is 0 Å². The molecule has 31 heteroatoms. The zero-order valence-corrected chi connectivity index (χ0v) is 37.4. The average molecular weight is 994 g/mol. The van der Waals surface area contributed by atoms with Crippen LogP contribution in [0, 0.1) is 10.8 Å². The van der Waals surface area contributed by atoms with Crippen molar-refractivity contribution < 1.29 is 110 Å². The van der Waals surface area contributed by atoms with Crippen LogP contribution in [0.4, 0.5) is 0 Å². The molecule has 0 rings (SSSR count). The molecule has 0 bridgehead atoms. The minimum Gasteiger partial charge on any atom is -0.394 e. The third kappa shape index (κ3) is 20.7. The van der Waals surface area contributed by atoms with Crippen LogP contribution in [0.25, 0.3) is 0 Å². The summed E-state index contributed by atoms with van der Waals surface area (Å²) in [7, 11) is 1.31. The zero-order valence-electron chi connectivity index (χ0n) is 37.4. The Hall–Kier alpha value is -4.39. The Balaban J connectivity index is 6.91. The smallest absolute Gasteiger partial charge is 0.251 e. The molecule has 25 N–H and O–H groups in total. The Morgan fingerprint density at radius 3 is 1.15 bits per heavy atom. The normalized spacial score (nSPS) is 19.1. The van der Waals surface area contributed by atoms with Crippen LogP contribution in [-0.4, -0.2) is 277 Å². The van der Waals surface area contributed by atoms with Crippen LogP contribution in [0.5, 0.6) is 0 Å². The molecule has 7 amide bonds. The maximum absolute atomic E-state index is 13.7. The number of amides is 7. The Labute approximate surface area is 389 Å². The number of hydrogen-bond acceptors (Lipinski definition) is 24. The van der Waals surface area contributed by atoms with Gasteiger partial charge in [0.25, 0.3) is 17.7 Å². The number of rotatable bonds is 36. The van der Waals surface area contributed by atoms with Gasteiger partial charge in [-0.25, -0.2) is 0 Å². The number of carbonyl (C=O) groups is 7. The van der Waals surface area contributed by atoms with E-state index in [9.17, 15) is 94.8 Å². The first-order valence-electron chi connectivity index (χ1n) is 20.9. The summed E-state index contributed by atoms with van der Waals surface area (Å²) in [5.74, 6) is -6.59. The fourth-order valence-electron chi connectivity index (χ4n) is 5.97. The van der Waals surface area contributed by atoms with Crippen molar-refractivity contribution >= 4 is 41.9 Å². The molecule has 0 aromatic heterocycles. The fraction of sp³-hybridized carbons (Fsp3) is 0.811. The minimum absolute atomic E-state index is 0.0401.